The smallest absolute Gasteiger partial charge is 0.396 e. The highest BCUT2D eigenvalue weighted by molar-refractivity contribution is 5.72. The third kappa shape index (κ3) is 3.06. The lowest BCUT2D eigenvalue weighted by Crippen LogP contribution is -2.21. The quantitative estimate of drug-likeness (QED) is 0.742. The van der Waals surface area contributed by atoms with Gasteiger partial charge >= 0.3 is 6.18 Å². The van der Waals surface area contributed by atoms with Gasteiger partial charge in [0.05, 0.1) is 16.9 Å². The maximum atomic E-state index is 11.9. The summed E-state index contributed by atoms with van der Waals surface area (Å²) in [6.07, 6.45) is -4.31. The van der Waals surface area contributed by atoms with Gasteiger partial charge in [-0.3, -0.25) is 0 Å². The fourth-order valence-corrected chi connectivity index (χ4v) is 1.01. The van der Waals surface area contributed by atoms with Gasteiger partial charge in [-0.05, 0) is 12.1 Å². The van der Waals surface area contributed by atoms with Gasteiger partial charge in [-0.1, -0.05) is 6.07 Å². The number of nitrogens with two attached hydrogens (primary N) is 1. The summed E-state index contributed by atoms with van der Waals surface area (Å²) in [6, 6.07) is 6.08. The summed E-state index contributed by atoms with van der Waals surface area (Å²) < 4.78 is 35.7. The first-order valence-corrected chi connectivity index (χ1v) is 4.03. The van der Waals surface area contributed by atoms with Crippen molar-refractivity contribution >= 4 is 11.4 Å². The highest BCUT2D eigenvalue weighted by Gasteiger charge is 2.26. The molecule has 0 aliphatic heterocycles. The molecule has 0 amide bonds. The van der Waals surface area contributed by atoms with Crippen LogP contribution in [0.25, 0.3) is 0 Å². The second kappa shape index (κ2) is 4.09. The van der Waals surface area contributed by atoms with E-state index in [2.05, 4.69) is 5.32 Å². The molecule has 0 fully saturated rings. The van der Waals surface area contributed by atoms with Crippen LogP contribution < -0.4 is 11.1 Å². The highest BCUT2D eigenvalue weighted by Crippen LogP contribution is 2.23. The van der Waals surface area contributed by atoms with Crippen LogP contribution in [0.5, 0.6) is 0 Å². The van der Waals surface area contributed by atoms with E-state index in [0.29, 0.717) is 0 Å². The molecule has 0 aliphatic carbocycles. The number of nitrogens with one attached hydrogen (secondary N) is 1. The van der Waals surface area contributed by atoms with Crippen LogP contribution in [-0.4, -0.2) is 12.7 Å². The molecule has 15 heavy (non-hydrogen) atoms. The lowest BCUT2D eigenvalue weighted by atomic mass is 10.1. The van der Waals surface area contributed by atoms with Crippen LogP contribution in [0.2, 0.25) is 0 Å². The highest BCUT2D eigenvalue weighted by atomic mass is 19.4. The topological polar surface area (TPSA) is 61.8 Å². The maximum absolute atomic E-state index is 11.9. The number of alkyl halides is 3. The van der Waals surface area contributed by atoms with Crippen LogP contribution in [0.15, 0.2) is 18.2 Å². The fraction of sp³-hybridized carbons (Fsp3) is 0.222. The largest absolute Gasteiger partial charge is 0.405 e. The zero-order chi connectivity index (χ0) is 11.5. The molecule has 0 saturated heterocycles. The molecule has 1 rings (SSSR count). The summed E-state index contributed by atoms with van der Waals surface area (Å²) in [5.41, 5.74) is 5.77. The second-order valence-corrected chi connectivity index (χ2v) is 2.85. The van der Waals surface area contributed by atoms with Crippen molar-refractivity contribution in [3.63, 3.8) is 0 Å². The Labute approximate surface area is 84.3 Å². The first-order chi connectivity index (χ1) is 6.94. The van der Waals surface area contributed by atoms with Crippen molar-refractivity contribution in [2.75, 3.05) is 17.6 Å². The molecule has 0 unspecified atom stereocenters. The van der Waals surface area contributed by atoms with Crippen molar-refractivity contribution in [3.05, 3.63) is 23.8 Å². The van der Waals surface area contributed by atoms with E-state index >= 15 is 0 Å². The number of benzene rings is 1. The lowest BCUT2D eigenvalue weighted by Gasteiger charge is -2.11. The third-order valence-corrected chi connectivity index (χ3v) is 1.71. The SMILES string of the molecule is N#Cc1cccc(NCC(F)(F)F)c1N. The van der Waals surface area contributed by atoms with Crippen molar-refractivity contribution in [1.82, 2.24) is 0 Å². The number of nitriles is 1. The van der Waals surface area contributed by atoms with Gasteiger partial charge in [-0.15, -0.1) is 0 Å². The Morgan fingerprint density at radius 1 is 1.40 bits per heavy atom. The van der Waals surface area contributed by atoms with Crippen LogP contribution >= 0.6 is 0 Å². The van der Waals surface area contributed by atoms with E-state index in [9.17, 15) is 13.2 Å². The summed E-state index contributed by atoms with van der Waals surface area (Å²) in [6.45, 7) is -1.17. The van der Waals surface area contributed by atoms with Gasteiger partial charge in [0.15, 0.2) is 0 Å². The summed E-state index contributed by atoms with van der Waals surface area (Å²) >= 11 is 0. The molecule has 80 valence electrons. The fourth-order valence-electron chi connectivity index (χ4n) is 1.01. The van der Waals surface area contributed by atoms with Crippen LogP contribution in [-0.2, 0) is 0 Å². The number of nitrogen functional groups attached to an aromatic ring is 1. The molecule has 0 bridgehead atoms. The van der Waals surface area contributed by atoms with Gasteiger partial charge in [0.1, 0.15) is 12.6 Å². The van der Waals surface area contributed by atoms with Crippen LogP contribution in [0.3, 0.4) is 0 Å². The van der Waals surface area contributed by atoms with E-state index in [1.54, 1.807) is 6.07 Å². The normalized spacial score (nSPS) is 10.8. The van der Waals surface area contributed by atoms with Gasteiger partial charge in [0, 0.05) is 0 Å². The molecular formula is C9H8F3N3. The summed E-state index contributed by atoms with van der Waals surface area (Å²) in [5, 5.41) is 10.7. The molecule has 0 atom stereocenters. The van der Waals surface area contributed by atoms with Gasteiger partial charge in [0.25, 0.3) is 0 Å². The molecule has 0 aromatic heterocycles. The molecule has 0 aliphatic rings. The molecule has 1 aromatic rings. The average molecular weight is 215 g/mol. The molecule has 0 radical (unpaired) electrons. The predicted octanol–water partition coefficient (Wildman–Crippen LogP) is 2.11. The first-order valence-electron chi connectivity index (χ1n) is 4.03. The van der Waals surface area contributed by atoms with Gasteiger partial charge < -0.3 is 11.1 Å². The minimum Gasteiger partial charge on any atom is -0.396 e. The van der Waals surface area contributed by atoms with Gasteiger partial charge in [-0.2, -0.15) is 18.4 Å². The average Bonchev–Trinajstić information content (AvgIpc) is 2.15. The number of para-hydroxylation sites is 1. The van der Waals surface area contributed by atoms with Crippen LogP contribution in [0, 0.1) is 11.3 Å². The third-order valence-electron chi connectivity index (χ3n) is 1.71. The Balaban J connectivity index is 2.83. The number of nitrogens with zero attached hydrogens (tertiary/aromatic N) is 1. The van der Waals surface area contributed by atoms with E-state index in [1.165, 1.54) is 18.2 Å². The summed E-state index contributed by atoms with van der Waals surface area (Å²) in [4.78, 5) is 0. The minimum atomic E-state index is -4.31. The Morgan fingerprint density at radius 3 is 2.60 bits per heavy atom. The zero-order valence-electron chi connectivity index (χ0n) is 7.60. The van der Waals surface area contributed by atoms with Crippen LogP contribution in [0.4, 0.5) is 24.5 Å². The first kappa shape index (κ1) is 11.2. The molecule has 0 heterocycles. The number of halogens is 3. The van der Waals surface area contributed by atoms with Crippen molar-refractivity contribution in [2.45, 2.75) is 6.18 Å². The van der Waals surface area contributed by atoms with Crippen molar-refractivity contribution < 1.29 is 13.2 Å². The monoisotopic (exact) mass is 215 g/mol. The Morgan fingerprint density at radius 2 is 2.07 bits per heavy atom. The van der Waals surface area contributed by atoms with Crippen molar-refractivity contribution in [1.29, 1.82) is 5.26 Å². The Kier molecular flexibility index (Phi) is 3.04. The van der Waals surface area contributed by atoms with Gasteiger partial charge in [-0.25, -0.2) is 0 Å². The second-order valence-electron chi connectivity index (χ2n) is 2.85. The number of hydrogen-bond donors (Lipinski definition) is 2. The molecule has 6 heteroatoms. The van der Waals surface area contributed by atoms with E-state index in [4.69, 9.17) is 11.0 Å². The van der Waals surface area contributed by atoms with Gasteiger partial charge in [0.2, 0.25) is 0 Å². The summed E-state index contributed by atoms with van der Waals surface area (Å²) in [5.74, 6) is 0. The van der Waals surface area contributed by atoms with E-state index in [1.807, 2.05) is 0 Å². The molecule has 0 spiro atoms. The molecule has 3 nitrogen and oxygen atoms in total. The molecule has 1 aromatic carbocycles. The Bertz CT molecular complexity index is 393. The van der Waals surface area contributed by atoms with E-state index < -0.39 is 12.7 Å². The standard InChI is InChI=1S/C9H8F3N3/c10-9(11,12)5-15-7-3-1-2-6(4-13)8(7)14/h1-3,15H,5,14H2. The number of anilines is 2. The maximum Gasteiger partial charge on any atom is 0.405 e. The number of hydrogen-bond acceptors (Lipinski definition) is 3. The van der Waals surface area contributed by atoms with Crippen LogP contribution in [0.1, 0.15) is 5.56 Å². The molecule has 0 saturated carbocycles. The predicted molar refractivity (Wildman–Crippen MR) is 50.1 cm³/mol. The lowest BCUT2D eigenvalue weighted by molar-refractivity contribution is -0.115. The minimum absolute atomic E-state index is 0.0317. The molecular weight excluding hydrogens is 207 g/mol. The van der Waals surface area contributed by atoms with E-state index in [0.717, 1.165) is 0 Å². The molecule has 3 N–H and O–H groups in total. The summed E-state index contributed by atoms with van der Waals surface area (Å²) in [7, 11) is 0. The van der Waals surface area contributed by atoms with Crippen molar-refractivity contribution in [3.8, 4) is 6.07 Å². The zero-order valence-corrected chi connectivity index (χ0v) is 7.60. The van der Waals surface area contributed by atoms with E-state index in [-0.39, 0.29) is 16.9 Å². The van der Waals surface area contributed by atoms with Crippen molar-refractivity contribution in [2.24, 2.45) is 0 Å². The number of rotatable bonds is 2. The Hall–Kier alpha value is -1.90.